The van der Waals surface area contributed by atoms with Crippen molar-refractivity contribution < 1.29 is 30.0 Å². The molecule has 0 unspecified atom stereocenters. The second-order valence-electron chi connectivity index (χ2n) is 4.63. The molecule has 0 aliphatic carbocycles. The first kappa shape index (κ1) is 17.3. The van der Waals surface area contributed by atoms with Gasteiger partial charge in [-0.15, -0.1) is 0 Å². The van der Waals surface area contributed by atoms with Gasteiger partial charge in [-0.2, -0.15) is 0 Å². The molecule has 7 heteroatoms. The molecule has 0 saturated carbocycles. The number of Topliss-reactive ketones (excluding diaryl/α,β-unsaturated/α-hetero) is 2. The number of rotatable bonds is 6. The molecule has 0 amide bonds. The smallest absolute Gasteiger partial charge is 0.218 e. The molecule has 6 nitrogen and oxygen atoms in total. The van der Waals surface area contributed by atoms with Gasteiger partial charge in [0.25, 0.3) is 0 Å². The lowest BCUT2D eigenvalue weighted by Gasteiger charge is -2.06. The summed E-state index contributed by atoms with van der Waals surface area (Å²) in [5.74, 6) is -1.54. The summed E-state index contributed by atoms with van der Waals surface area (Å²) >= 11 is 1.37. The van der Waals surface area contributed by atoms with E-state index in [4.69, 9.17) is 20.4 Å². The summed E-state index contributed by atoms with van der Waals surface area (Å²) in [5, 5.41) is 35.3. The number of aliphatic hydroxyl groups excluding tert-OH is 2. The number of hydrogen-bond acceptors (Lipinski definition) is 7. The number of hydrogen-bond donors (Lipinski definition) is 4. The van der Waals surface area contributed by atoms with Crippen LogP contribution in [0.4, 0.5) is 0 Å². The molecule has 0 heterocycles. The molecule has 0 aliphatic heterocycles. The Morgan fingerprint density at radius 3 is 1.22 bits per heavy atom. The van der Waals surface area contributed by atoms with Crippen LogP contribution in [0.2, 0.25) is 0 Å². The Balaban J connectivity index is 2.08. The maximum Gasteiger partial charge on any atom is 0.218 e. The van der Waals surface area contributed by atoms with Gasteiger partial charge in [-0.25, -0.2) is 0 Å². The molecule has 0 atom stereocenters. The van der Waals surface area contributed by atoms with Crippen molar-refractivity contribution >= 4 is 23.3 Å². The Morgan fingerprint density at radius 1 is 0.652 bits per heavy atom. The van der Waals surface area contributed by atoms with Gasteiger partial charge < -0.3 is 20.4 Å². The molecule has 0 bridgehead atoms. The first-order valence-corrected chi connectivity index (χ1v) is 7.39. The van der Waals surface area contributed by atoms with E-state index in [9.17, 15) is 9.59 Å². The van der Waals surface area contributed by atoms with Gasteiger partial charge in [0.2, 0.25) is 24.1 Å². The van der Waals surface area contributed by atoms with Crippen LogP contribution in [0.15, 0.2) is 58.3 Å². The van der Waals surface area contributed by atoms with E-state index in [1.165, 1.54) is 36.0 Å². The molecule has 0 fully saturated rings. The van der Waals surface area contributed by atoms with E-state index in [2.05, 4.69) is 0 Å². The van der Waals surface area contributed by atoms with Gasteiger partial charge in [-0.1, -0.05) is 36.0 Å². The monoisotopic (exact) mass is 334 g/mol. The molecule has 120 valence electrons. The molecule has 0 spiro atoms. The minimum atomic E-state index is -2.03. The third-order valence-electron chi connectivity index (χ3n) is 2.98. The molecular weight excluding hydrogens is 320 g/mol. The molecule has 2 rings (SSSR count). The summed E-state index contributed by atoms with van der Waals surface area (Å²) in [4.78, 5) is 24.4. The van der Waals surface area contributed by atoms with E-state index in [-0.39, 0.29) is 11.1 Å². The number of carbonyl (C=O) groups excluding carboxylic acids is 2. The van der Waals surface area contributed by atoms with Crippen LogP contribution in [-0.4, -0.2) is 44.6 Å². The highest BCUT2D eigenvalue weighted by molar-refractivity contribution is 7.99. The predicted molar refractivity (Wildman–Crippen MR) is 82.1 cm³/mol. The molecule has 23 heavy (non-hydrogen) atoms. The van der Waals surface area contributed by atoms with Crippen LogP contribution in [0.5, 0.6) is 0 Å². The fraction of sp³-hybridized carbons (Fsp3) is 0.125. The molecule has 0 radical (unpaired) electrons. The zero-order chi connectivity index (χ0) is 17.0. The minimum Gasteiger partial charge on any atom is -0.362 e. The summed E-state index contributed by atoms with van der Waals surface area (Å²) in [7, 11) is 0. The second kappa shape index (κ2) is 7.49. The third kappa shape index (κ3) is 4.47. The van der Waals surface area contributed by atoms with Gasteiger partial charge in [0.05, 0.1) is 0 Å². The van der Waals surface area contributed by atoms with E-state index in [0.717, 1.165) is 9.79 Å². The van der Waals surface area contributed by atoms with Crippen molar-refractivity contribution in [3.63, 3.8) is 0 Å². The van der Waals surface area contributed by atoms with Crippen molar-refractivity contribution in [2.75, 3.05) is 0 Å². The highest BCUT2D eigenvalue weighted by Crippen LogP contribution is 2.28. The average Bonchev–Trinajstić information content (AvgIpc) is 2.54. The minimum absolute atomic E-state index is 0.197. The van der Waals surface area contributed by atoms with Crippen LogP contribution in [0.3, 0.4) is 0 Å². The normalized spacial score (nSPS) is 11.0. The van der Waals surface area contributed by atoms with Gasteiger partial charge in [-0.3, -0.25) is 9.59 Å². The fourth-order valence-electron chi connectivity index (χ4n) is 1.81. The Labute approximate surface area is 136 Å². The van der Waals surface area contributed by atoms with Crippen molar-refractivity contribution in [3.8, 4) is 0 Å². The molecule has 2 aromatic rings. The van der Waals surface area contributed by atoms with Crippen LogP contribution in [0.25, 0.3) is 0 Å². The zero-order valence-electron chi connectivity index (χ0n) is 11.8. The van der Waals surface area contributed by atoms with Crippen molar-refractivity contribution in [1.82, 2.24) is 0 Å². The molecule has 4 N–H and O–H groups in total. The number of ketones is 2. The number of benzene rings is 2. The summed E-state index contributed by atoms with van der Waals surface area (Å²) in [5.41, 5.74) is 0.393. The molecule has 0 aromatic heterocycles. The summed E-state index contributed by atoms with van der Waals surface area (Å²) < 4.78 is 0. The predicted octanol–water partition coefficient (Wildman–Crippen LogP) is 0.825. The summed E-state index contributed by atoms with van der Waals surface area (Å²) in [6.07, 6.45) is -4.05. The van der Waals surface area contributed by atoms with Crippen LogP contribution in [0.1, 0.15) is 20.7 Å². The van der Waals surface area contributed by atoms with E-state index >= 15 is 0 Å². The summed E-state index contributed by atoms with van der Waals surface area (Å²) in [6, 6.07) is 12.6. The van der Waals surface area contributed by atoms with Gasteiger partial charge in [0.15, 0.2) is 0 Å². The van der Waals surface area contributed by atoms with Crippen LogP contribution in [0, 0.1) is 0 Å². The molecular formula is C16H14O6S. The van der Waals surface area contributed by atoms with Crippen molar-refractivity contribution in [3.05, 3.63) is 59.7 Å². The van der Waals surface area contributed by atoms with Crippen molar-refractivity contribution in [2.45, 2.75) is 22.4 Å². The SMILES string of the molecule is O=C(c1ccc(Sc2ccc(C(=O)C(O)O)cc2)cc1)C(O)O. The van der Waals surface area contributed by atoms with Crippen LogP contribution in [-0.2, 0) is 0 Å². The quantitative estimate of drug-likeness (QED) is 0.457. The average molecular weight is 334 g/mol. The second-order valence-corrected chi connectivity index (χ2v) is 5.77. The topological polar surface area (TPSA) is 115 Å². The van der Waals surface area contributed by atoms with Crippen molar-refractivity contribution in [2.24, 2.45) is 0 Å². The Hall–Kier alpha value is -2.03. The van der Waals surface area contributed by atoms with E-state index < -0.39 is 24.1 Å². The largest absolute Gasteiger partial charge is 0.362 e. The van der Waals surface area contributed by atoms with Gasteiger partial charge in [0, 0.05) is 20.9 Å². The van der Waals surface area contributed by atoms with Gasteiger partial charge >= 0.3 is 0 Å². The maximum absolute atomic E-state index is 11.4. The number of aliphatic hydroxyl groups is 4. The van der Waals surface area contributed by atoms with Gasteiger partial charge in [-0.05, 0) is 24.3 Å². The van der Waals surface area contributed by atoms with E-state index in [0.29, 0.717) is 0 Å². The Kier molecular flexibility index (Phi) is 5.64. The lowest BCUT2D eigenvalue weighted by Crippen LogP contribution is -2.19. The van der Waals surface area contributed by atoms with Gasteiger partial charge in [0.1, 0.15) is 0 Å². The molecule has 0 aliphatic rings. The fourth-order valence-corrected chi connectivity index (χ4v) is 2.63. The van der Waals surface area contributed by atoms with Crippen molar-refractivity contribution in [1.29, 1.82) is 0 Å². The highest BCUT2D eigenvalue weighted by atomic mass is 32.2. The first-order valence-electron chi connectivity index (χ1n) is 6.57. The lowest BCUT2D eigenvalue weighted by atomic mass is 10.1. The summed E-state index contributed by atoms with van der Waals surface area (Å²) in [6.45, 7) is 0. The van der Waals surface area contributed by atoms with E-state index in [1.807, 2.05) is 0 Å². The lowest BCUT2D eigenvalue weighted by molar-refractivity contribution is -0.0195. The maximum atomic E-state index is 11.4. The standard InChI is InChI=1S/C16H14O6S/c17-13(15(19)20)9-1-5-11(6-2-9)23-12-7-3-10(4-8-12)14(18)16(21)22/h1-8,15-16,19-22H. The van der Waals surface area contributed by atoms with Crippen LogP contribution < -0.4 is 0 Å². The highest BCUT2D eigenvalue weighted by Gasteiger charge is 2.14. The molecule has 2 aromatic carbocycles. The van der Waals surface area contributed by atoms with Crippen LogP contribution >= 0.6 is 11.8 Å². The first-order chi connectivity index (χ1) is 10.9. The Morgan fingerprint density at radius 2 is 0.957 bits per heavy atom. The Bertz CT molecular complexity index is 630. The zero-order valence-corrected chi connectivity index (χ0v) is 12.6. The van der Waals surface area contributed by atoms with E-state index in [1.54, 1.807) is 24.3 Å². The number of carbonyl (C=O) groups is 2. The molecule has 0 saturated heterocycles. The third-order valence-corrected chi connectivity index (χ3v) is 4.00.